The molecule has 0 unspecified atom stereocenters. The summed E-state index contributed by atoms with van der Waals surface area (Å²) in [7, 11) is 4.13. The van der Waals surface area contributed by atoms with E-state index >= 15 is 0 Å². The number of ether oxygens (including phenoxy) is 3. The number of carbonyl (C=O) groups excluding carboxylic acids is 3. The molecule has 2 heterocycles. The average molecular weight is 1090 g/mol. The van der Waals surface area contributed by atoms with E-state index < -0.39 is 0 Å². The molecule has 13 rings (SSSR count). The normalized spacial score (nSPS) is 19.5. The third-order valence-corrected chi connectivity index (χ3v) is 17.1. The fraction of sp³-hybridized carbons (Fsp3) is 0.171. The van der Waals surface area contributed by atoms with Crippen molar-refractivity contribution < 1.29 is 28.6 Å². The smallest absolute Gasteiger partial charge is 0.337 e. The Hall–Kier alpha value is -10.5. The van der Waals surface area contributed by atoms with Crippen LogP contribution >= 0.6 is 0 Å². The number of rotatable bonds is 8. The zero-order chi connectivity index (χ0) is 57.7. The first kappa shape index (κ1) is 54.1. The van der Waals surface area contributed by atoms with Gasteiger partial charge in [0.15, 0.2) is 0 Å². The molecule has 4 bridgehead atoms. The van der Waals surface area contributed by atoms with Crippen LogP contribution in [0.3, 0.4) is 0 Å². The van der Waals surface area contributed by atoms with Crippen molar-refractivity contribution in [2.75, 3.05) is 21.3 Å². The highest BCUT2D eigenvalue weighted by atomic mass is 16.5. The van der Waals surface area contributed by atoms with Crippen molar-refractivity contribution >= 4 is 17.9 Å². The molecule has 7 aromatic carbocycles. The van der Waals surface area contributed by atoms with Crippen molar-refractivity contribution in [1.29, 1.82) is 0 Å². The molecule has 2 aromatic heterocycles. The molecule has 9 aromatic rings. The largest absolute Gasteiger partial charge is 0.465 e. The lowest BCUT2D eigenvalue weighted by molar-refractivity contribution is -0.0691. The summed E-state index contributed by atoms with van der Waals surface area (Å²) in [5.41, 5.74) is 14.1. The van der Waals surface area contributed by atoms with Crippen LogP contribution in [0.4, 0.5) is 0 Å². The van der Waals surface area contributed by atoms with E-state index in [0.29, 0.717) is 16.7 Å². The lowest BCUT2D eigenvalue weighted by atomic mass is 9.32. The van der Waals surface area contributed by atoms with Crippen LogP contribution < -0.4 is 0 Å². The Labute approximate surface area is 490 Å². The van der Waals surface area contributed by atoms with Crippen molar-refractivity contribution in [1.82, 2.24) is 9.97 Å². The van der Waals surface area contributed by atoms with Gasteiger partial charge >= 0.3 is 17.9 Å². The van der Waals surface area contributed by atoms with Crippen LogP contribution in [0.1, 0.15) is 136 Å². The summed E-state index contributed by atoms with van der Waals surface area (Å²) in [6.45, 7) is 0. The fourth-order valence-electron chi connectivity index (χ4n) is 13.7. The number of esters is 3. The highest BCUT2D eigenvalue weighted by Gasteiger charge is 2.69. The number of carbonyl (C=O) groups is 3. The van der Waals surface area contributed by atoms with Gasteiger partial charge in [0.1, 0.15) is 5.69 Å². The van der Waals surface area contributed by atoms with Crippen molar-refractivity contribution in [2.24, 2.45) is 0 Å². The summed E-state index contributed by atoms with van der Waals surface area (Å²) >= 11 is 0. The molecule has 0 atom stereocenters. The first-order chi connectivity index (χ1) is 41.0. The van der Waals surface area contributed by atoms with Crippen molar-refractivity contribution in [2.45, 2.75) is 60.2 Å². The van der Waals surface area contributed by atoms with Gasteiger partial charge in [-0.25, -0.2) is 14.4 Å². The van der Waals surface area contributed by atoms with Gasteiger partial charge in [0.25, 0.3) is 0 Å². The highest BCUT2D eigenvalue weighted by Crippen LogP contribution is 2.74. The van der Waals surface area contributed by atoms with E-state index in [9.17, 15) is 14.4 Å². The van der Waals surface area contributed by atoms with Crippen molar-refractivity contribution in [3.05, 3.63) is 296 Å². The number of hydrogen-bond donors (Lipinski definition) is 0. The van der Waals surface area contributed by atoms with E-state index in [1.165, 1.54) is 43.6 Å². The van der Waals surface area contributed by atoms with E-state index in [-0.39, 0.29) is 39.6 Å². The second kappa shape index (κ2) is 22.8. The zero-order valence-corrected chi connectivity index (χ0v) is 46.8. The van der Waals surface area contributed by atoms with E-state index in [1.807, 2.05) is 66.7 Å². The van der Waals surface area contributed by atoms with Gasteiger partial charge in [0.2, 0.25) is 0 Å². The molecule has 8 heteroatoms. The quantitative estimate of drug-likeness (QED) is 0.0842. The Bertz CT molecular complexity index is 3900. The Balaban J connectivity index is 0.950. The second-order valence-electron chi connectivity index (χ2n) is 22.3. The lowest BCUT2D eigenvalue weighted by Gasteiger charge is -2.71. The molecule has 0 N–H and O–H groups in total. The van der Waals surface area contributed by atoms with Gasteiger partial charge in [-0.1, -0.05) is 102 Å². The van der Waals surface area contributed by atoms with Gasteiger partial charge in [0.05, 0.1) is 49.3 Å². The van der Waals surface area contributed by atoms with E-state index in [1.54, 1.807) is 48.8 Å². The van der Waals surface area contributed by atoms with E-state index in [4.69, 9.17) is 14.2 Å². The Morgan fingerprint density at radius 2 is 0.595 bits per heavy atom. The van der Waals surface area contributed by atoms with Crippen LogP contribution in [0.2, 0.25) is 0 Å². The maximum absolute atomic E-state index is 12.1. The molecule has 8 nitrogen and oxygen atoms in total. The monoisotopic (exact) mass is 1090 g/mol. The predicted octanol–water partition coefficient (Wildman–Crippen LogP) is 13.5. The summed E-state index contributed by atoms with van der Waals surface area (Å²) in [5.74, 6) is 25.8. The molecule has 4 fully saturated rings. The molecule has 0 radical (unpaired) electrons. The van der Waals surface area contributed by atoms with Crippen LogP contribution in [-0.2, 0) is 35.9 Å². The molecule has 0 aliphatic heterocycles. The molecule has 406 valence electrons. The van der Waals surface area contributed by atoms with Gasteiger partial charge in [-0.05, 0) is 228 Å². The SMILES string of the molecule is COC(=O)c1ccc(C#Cc2ccc(C34CC5(c6ccc(C#Cc7ccc(C(=O)OC)cc7)cc6)CC(c6ccc(C#Cc7ccc(C(=O)OC)cc7)cc6)(C3)CC(c3ccc(C#Cc6cccnc6-c6ccccn6)cc3)(C4)C5)cc2)cc1. The van der Waals surface area contributed by atoms with Crippen molar-refractivity contribution in [3.8, 4) is 58.8 Å². The Morgan fingerprint density at radius 3 is 0.869 bits per heavy atom. The minimum Gasteiger partial charge on any atom is -0.465 e. The molecule has 0 amide bonds. The number of nitrogens with zero attached hydrogens (tertiary/aromatic N) is 2. The summed E-state index contributed by atoms with van der Waals surface area (Å²) in [6, 6.07) is 67.1. The zero-order valence-electron chi connectivity index (χ0n) is 46.8. The highest BCUT2D eigenvalue weighted by molar-refractivity contribution is 5.90. The molecule has 4 aliphatic carbocycles. The van der Waals surface area contributed by atoms with Crippen LogP contribution in [0.15, 0.2) is 213 Å². The van der Waals surface area contributed by atoms with Crippen LogP contribution in [0.5, 0.6) is 0 Å². The molecule has 4 aliphatic rings. The third-order valence-electron chi connectivity index (χ3n) is 17.1. The molecule has 0 saturated heterocycles. The molecule has 84 heavy (non-hydrogen) atoms. The maximum atomic E-state index is 12.1. The van der Waals surface area contributed by atoms with Gasteiger partial charge in [-0.3, -0.25) is 9.97 Å². The van der Waals surface area contributed by atoms with E-state index in [0.717, 1.165) is 94.4 Å². The Morgan fingerprint density at radius 1 is 0.321 bits per heavy atom. The molecule has 0 spiro atoms. The molecule has 4 saturated carbocycles. The number of benzene rings is 7. The summed E-state index contributed by atoms with van der Waals surface area (Å²) in [4.78, 5) is 45.6. The average Bonchev–Trinajstić information content (AvgIpc) is 0.694. The first-order valence-electron chi connectivity index (χ1n) is 27.9. The molecular weight excluding hydrogens is 1040 g/mol. The lowest BCUT2D eigenvalue weighted by Crippen LogP contribution is -2.67. The third kappa shape index (κ3) is 10.9. The van der Waals surface area contributed by atoms with Crippen molar-refractivity contribution in [3.63, 3.8) is 0 Å². The summed E-state index contributed by atoms with van der Waals surface area (Å²) < 4.78 is 14.7. The van der Waals surface area contributed by atoms with Gasteiger partial charge in [0, 0.05) is 51.3 Å². The minimum atomic E-state index is -0.383. The van der Waals surface area contributed by atoms with Crippen LogP contribution in [0, 0.1) is 47.4 Å². The summed E-state index contributed by atoms with van der Waals surface area (Å²) in [6.07, 6.45) is 9.33. The minimum absolute atomic E-state index is 0.241. The topological polar surface area (TPSA) is 105 Å². The Kier molecular flexibility index (Phi) is 14.7. The maximum Gasteiger partial charge on any atom is 0.337 e. The summed E-state index contributed by atoms with van der Waals surface area (Å²) in [5, 5.41) is 0. The van der Waals surface area contributed by atoms with Gasteiger partial charge in [-0.15, -0.1) is 0 Å². The number of hydrogen-bond acceptors (Lipinski definition) is 8. The number of pyridine rings is 2. The first-order valence-corrected chi connectivity index (χ1v) is 27.9. The van der Waals surface area contributed by atoms with Gasteiger partial charge < -0.3 is 14.2 Å². The van der Waals surface area contributed by atoms with Gasteiger partial charge in [-0.2, -0.15) is 0 Å². The van der Waals surface area contributed by atoms with E-state index in [2.05, 4.69) is 154 Å². The van der Waals surface area contributed by atoms with Crippen LogP contribution in [0.25, 0.3) is 11.4 Å². The van der Waals surface area contributed by atoms with Crippen LogP contribution in [-0.4, -0.2) is 49.2 Å². The fourth-order valence-corrected chi connectivity index (χ4v) is 13.7. The predicted molar refractivity (Wildman–Crippen MR) is 325 cm³/mol. The number of aromatic nitrogens is 2. The molecular formula is C76H56N2O6. The number of methoxy groups -OCH3 is 3. The standard InChI is InChI=1S/C76H56N2O6/c1-82-70(79)61-31-16-53(17-32-61)9-12-56-22-37-64(38-23-56)73-47-74(65-39-24-57(25-40-65)13-10-54-18-33-62(34-19-54)71(80)83-2)49-75(48-73,66-41-26-58(27-42-66)14-11-55-20-35-63(36-21-55)72(81)84-3)52-76(50-73,51-74)67-43-28-59(29-44-67)15-30-60-7-6-46-78-69(60)68-8-4-5-45-77-68/h4-8,16-29,31-46H,47-52H2,1-3H3. The second-order valence-corrected chi connectivity index (χ2v) is 22.3.